The summed E-state index contributed by atoms with van der Waals surface area (Å²) in [6.45, 7) is -3.39. The second-order valence-corrected chi connectivity index (χ2v) is 8.37. The van der Waals surface area contributed by atoms with Gasteiger partial charge in [-0.25, -0.2) is 0 Å². The predicted octanol–water partition coefficient (Wildman–Crippen LogP) is -6.89. The van der Waals surface area contributed by atoms with Crippen LogP contribution in [0.5, 0.6) is 0 Å². The molecule has 3 rings (SSSR count). The average Bonchev–Trinajstić information content (AvgIpc) is 3.08. The quantitative estimate of drug-likeness (QED) is 0.112. The SMILES string of the molecule is OCC1OC(OC2[C@H](O)C(O)C(OC3(CO)O[C@H](CO)C(O)[C@@H]3O)O[C@@H]2CO)[C@H](O)C(O)[C@@H]1O.S.S.S.S.S.S. The molecule has 3 fully saturated rings. The molecule has 0 aromatic heterocycles. The van der Waals surface area contributed by atoms with Crippen molar-refractivity contribution in [1.82, 2.24) is 0 Å². The minimum Gasteiger partial charge on any atom is -0.394 e. The highest BCUT2D eigenvalue weighted by molar-refractivity contribution is 7.60. The number of hydrogen-bond donors (Lipinski definition) is 11. The van der Waals surface area contributed by atoms with Crippen molar-refractivity contribution in [3.8, 4) is 0 Å². The molecule has 16 nitrogen and oxygen atoms in total. The van der Waals surface area contributed by atoms with Crippen molar-refractivity contribution in [2.45, 2.75) is 85.5 Å². The van der Waals surface area contributed by atoms with Gasteiger partial charge in [0.15, 0.2) is 12.6 Å². The van der Waals surface area contributed by atoms with Crippen molar-refractivity contribution in [1.29, 1.82) is 0 Å². The molecule has 3 saturated heterocycles. The summed E-state index contributed by atoms with van der Waals surface area (Å²) < 4.78 is 26.6. The van der Waals surface area contributed by atoms with E-state index in [1.807, 2.05) is 0 Å². The fourth-order valence-electron chi connectivity index (χ4n) is 4.12. The van der Waals surface area contributed by atoms with Crippen LogP contribution in [0.4, 0.5) is 0 Å². The highest BCUT2D eigenvalue weighted by Gasteiger charge is 2.59. The first kappa shape index (κ1) is 48.4. The maximum absolute atomic E-state index is 10.6. The Labute approximate surface area is 271 Å². The van der Waals surface area contributed by atoms with Gasteiger partial charge in [0.25, 0.3) is 0 Å². The summed E-state index contributed by atoms with van der Waals surface area (Å²) in [5, 5.41) is 109. The molecule has 0 bridgehead atoms. The predicted molar refractivity (Wildman–Crippen MR) is 164 cm³/mol. The van der Waals surface area contributed by atoms with Gasteiger partial charge in [0.1, 0.15) is 73.8 Å². The molecule has 0 aromatic rings. The molecule has 0 aliphatic carbocycles. The van der Waals surface area contributed by atoms with E-state index in [-0.39, 0.29) is 81.0 Å². The lowest BCUT2D eigenvalue weighted by Gasteiger charge is -2.47. The summed E-state index contributed by atoms with van der Waals surface area (Å²) in [6.07, 6.45) is -22.0. The van der Waals surface area contributed by atoms with Gasteiger partial charge in [-0.3, -0.25) is 0 Å². The van der Waals surface area contributed by atoms with Crippen LogP contribution in [0.25, 0.3) is 0 Å². The van der Waals surface area contributed by atoms with Crippen LogP contribution in [0, 0.1) is 0 Å². The highest BCUT2D eigenvalue weighted by atomic mass is 32.1. The van der Waals surface area contributed by atoms with Gasteiger partial charge in [0.2, 0.25) is 5.79 Å². The second kappa shape index (κ2) is 20.5. The third-order valence-corrected chi connectivity index (χ3v) is 6.18. The van der Waals surface area contributed by atoms with Crippen LogP contribution >= 0.6 is 81.0 Å². The molecule has 22 heteroatoms. The van der Waals surface area contributed by atoms with E-state index in [0.717, 1.165) is 0 Å². The Morgan fingerprint density at radius 3 is 1.45 bits per heavy atom. The summed E-state index contributed by atoms with van der Waals surface area (Å²) in [5.41, 5.74) is 0. The topological polar surface area (TPSA) is 269 Å². The van der Waals surface area contributed by atoms with Crippen LogP contribution in [0.15, 0.2) is 0 Å². The van der Waals surface area contributed by atoms with Crippen LogP contribution in [-0.2, 0) is 23.7 Å². The molecule has 8 unspecified atom stereocenters. The third-order valence-electron chi connectivity index (χ3n) is 6.18. The van der Waals surface area contributed by atoms with Crippen molar-refractivity contribution in [3.63, 3.8) is 0 Å². The fraction of sp³-hybridized carbons (Fsp3) is 1.00. The molecule has 0 radical (unpaired) electrons. The van der Waals surface area contributed by atoms with Crippen molar-refractivity contribution in [3.05, 3.63) is 0 Å². The minimum atomic E-state index is -2.36. The molecule has 3 aliphatic heterocycles. The van der Waals surface area contributed by atoms with Crippen molar-refractivity contribution in [2.75, 3.05) is 26.4 Å². The standard InChI is InChI=1S/C18H32O16.6H2S/c19-1-5-8(23)10(25)12(27)16(30-5)32-14-7(3-21)31-17(13(28)11(14)26)34-18(4-22)15(29)9(24)6(2-20)33-18;;;;;;/h5-17,19-29H,1-4H2;6*1H2/t5?,6-,7-,8-,9?,10?,11-,12-,13?,14?,15+,16?,17?,18?;;;;;;/m1....../s1. The Balaban J connectivity index is -0.00000108. The zero-order chi connectivity index (χ0) is 25.4. The van der Waals surface area contributed by atoms with Crippen molar-refractivity contribution >= 4 is 81.0 Å². The van der Waals surface area contributed by atoms with Gasteiger partial charge in [-0.05, 0) is 0 Å². The normalized spacial score (nSPS) is 44.3. The highest BCUT2D eigenvalue weighted by Crippen LogP contribution is 2.37. The Morgan fingerprint density at radius 2 is 1.00 bits per heavy atom. The molecular weight excluding hydrogens is 665 g/mol. The van der Waals surface area contributed by atoms with E-state index in [1.54, 1.807) is 0 Å². The van der Waals surface area contributed by atoms with Crippen LogP contribution < -0.4 is 0 Å². The van der Waals surface area contributed by atoms with Crippen molar-refractivity contribution < 1.29 is 79.9 Å². The van der Waals surface area contributed by atoms with E-state index in [0.29, 0.717) is 0 Å². The number of aliphatic hydroxyl groups excluding tert-OH is 11. The first-order chi connectivity index (χ1) is 16.0. The first-order valence-corrected chi connectivity index (χ1v) is 10.6. The Bertz CT molecular complexity index is 676. The summed E-state index contributed by atoms with van der Waals surface area (Å²) in [4.78, 5) is 0. The zero-order valence-electron chi connectivity index (χ0n) is 20.8. The smallest absolute Gasteiger partial charge is 0.224 e. The van der Waals surface area contributed by atoms with E-state index in [4.69, 9.17) is 23.7 Å². The summed E-state index contributed by atoms with van der Waals surface area (Å²) >= 11 is 0. The Kier molecular flexibility index (Phi) is 24.8. The van der Waals surface area contributed by atoms with Crippen molar-refractivity contribution in [2.24, 2.45) is 0 Å². The van der Waals surface area contributed by atoms with Gasteiger partial charge in [-0.15, -0.1) is 0 Å². The van der Waals surface area contributed by atoms with E-state index in [2.05, 4.69) is 0 Å². The molecule has 11 N–H and O–H groups in total. The second-order valence-electron chi connectivity index (χ2n) is 8.37. The van der Waals surface area contributed by atoms with Gasteiger partial charge in [0, 0.05) is 0 Å². The van der Waals surface area contributed by atoms with Crippen LogP contribution in [-0.4, -0.2) is 168 Å². The van der Waals surface area contributed by atoms with E-state index < -0.39 is 112 Å². The molecule has 0 amide bonds. The Hall–Kier alpha value is 1.46. The van der Waals surface area contributed by atoms with Gasteiger partial charge in [0.05, 0.1) is 19.8 Å². The number of rotatable bonds is 8. The summed E-state index contributed by atoms with van der Waals surface area (Å²) in [7, 11) is 0. The number of aliphatic hydroxyl groups is 11. The van der Waals surface area contributed by atoms with E-state index in [9.17, 15) is 56.2 Å². The lowest BCUT2D eigenvalue weighted by atomic mass is 9.97. The average molecular weight is 709 g/mol. The van der Waals surface area contributed by atoms with E-state index in [1.165, 1.54) is 0 Å². The molecule has 248 valence electrons. The summed E-state index contributed by atoms with van der Waals surface area (Å²) in [5.74, 6) is -2.36. The van der Waals surface area contributed by atoms with Crippen LogP contribution in [0.2, 0.25) is 0 Å². The third kappa shape index (κ3) is 9.48. The maximum atomic E-state index is 10.6. The lowest BCUT2D eigenvalue weighted by molar-refractivity contribution is -0.398. The molecule has 0 saturated carbocycles. The van der Waals surface area contributed by atoms with E-state index >= 15 is 0 Å². The first-order valence-electron chi connectivity index (χ1n) is 10.6. The van der Waals surface area contributed by atoms with Crippen LogP contribution in [0.1, 0.15) is 0 Å². The number of hydrogen-bond acceptors (Lipinski definition) is 16. The Morgan fingerprint density at radius 1 is 0.525 bits per heavy atom. The molecule has 3 aliphatic rings. The van der Waals surface area contributed by atoms with Gasteiger partial charge < -0.3 is 79.9 Å². The molecule has 0 spiro atoms. The number of ether oxygens (including phenoxy) is 5. The molecular formula is C18H44O16S6. The maximum Gasteiger partial charge on any atom is 0.224 e. The zero-order valence-corrected chi connectivity index (χ0v) is 26.8. The van der Waals surface area contributed by atoms with Gasteiger partial charge >= 0.3 is 0 Å². The monoisotopic (exact) mass is 708 g/mol. The minimum absolute atomic E-state index is 0. The van der Waals surface area contributed by atoms with Gasteiger partial charge in [-0.1, -0.05) is 0 Å². The van der Waals surface area contributed by atoms with Gasteiger partial charge in [-0.2, -0.15) is 81.0 Å². The molecule has 0 aromatic carbocycles. The summed E-state index contributed by atoms with van der Waals surface area (Å²) in [6, 6.07) is 0. The largest absolute Gasteiger partial charge is 0.394 e. The molecule has 40 heavy (non-hydrogen) atoms. The lowest BCUT2D eigenvalue weighted by Crippen LogP contribution is -2.66. The fourth-order valence-corrected chi connectivity index (χ4v) is 4.12. The molecule has 3 heterocycles. The van der Waals surface area contributed by atoms with Crippen LogP contribution in [0.3, 0.4) is 0 Å². The molecule has 14 atom stereocenters.